The van der Waals surface area contributed by atoms with Crippen LogP contribution in [0.5, 0.6) is 0 Å². The highest BCUT2D eigenvalue weighted by atomic mass is 35.5. The van der Waals surface area contributed by atoms with Crippen molar-refractivity contribution in [1.82, 2.24) is 0 Å². The van der Waals surface area contributed by atoms with E-state index in [1.807, 2.05) is 0 Å². The average molecular weight is 265 g/mol. The lowest BCUT2D eigenvalue weighted by molar-refractivity contribution is -0.111. The summed E-state index contributed by atoms with van der Waals surface area (Å²) in [5, 5.41) is 0.169. The van der Waals surface area contributed by atoms with Crippen molar-refractivity contribution in [3.63, 3.8) is 0 Å². The van der Waals surface area contributed by atoms with E-state index >= 15 is 0 Å². The zero-order valence-corrected chi connectivity index (χ0v) is 9.70. The first kappa shape index (κ1) is 11.2. The van der Waals surface area contributed by atoms with E-state index in [-0.39, 0.29) is 21.9 Å². The fraction of sp³-hybridized carbons (Fsp3) is 0.0769. The molecule has 0 aromatic heterocycles. The highest BCUT2D eigenvalue weighted by Gasteiger charge is 2.45. The molecule has 1 atom stereocenters. The molecule has 1 aliphatic carbocycles. The molecule has 1 heterocycles. The number of carbonyl (C=O) groups is 2. The lowest BCUT2D eigenvalue weighted by Gasteiger charge is -2.32. The van der Waals surface area contributed by atoms with Crippen molar-refractivity contribution in [2.45, 2.75) is 5.85 Å². The summed E-state index contributed by atoms with van der Waals surface area (Å²) in [4.78, 5) is 23.1. The summed E-state index contributed by atoms with van der Waals surface area (Å²) in [5.41, 5.74) is 0.382. The van der Waals surface area contributed by atoms with E-state index in [1.54, 1.807) is 6.07 Å². The van der Waals surface area contributed by atoms with Gasteiger partial charge in [0.05, 0.1) is 10.6 Å². The van der Waals surface area contributed by atoms with Crippen molar-refractivity contribution < 1.29 is 18.7 Å². The van der Waals surface area contributed by atoms with E-state index in [4.69, 9.17) is 16.3 Å². The molecule has 90 valence electrons. The van der Waals surface area contributed by atoms with Gasteiger partial charge in [-0.25, -0.2) is 4.79 Å². The molecular weight excluding hydrogens is 259 g/mol. The van der Waals surface area contributed by atoms with E-state index in [2.05, 4.69) is 0 Å². The quantitative estimate of drug-likeness (QED) is 0.677. The van der Waals surface area contributed by atoms with Gasteiger partial charge in [0.15, 0.2) is 5.78 Å². The molecule has 0 fully saturated rings. The number of rotatable bonds is 0. The summed E-state index contributed by atoms with van der Waals surface area (Å²) in [7, 11) is 0. The summed E-state index contributed by atoms with van der Waals surface area (Å²) >= 11 is 5.90. The zero-order chi connectivity index (χ0) is 12.9. The van der Waals surface area contributed by atoms with E-state index in [0.29, 0.717) is 5.56 Å². The minimum Gasteiger partial charge on any atom is -0.416 e. The van der Waals surface area contributed by atoms with Crippen LogP contribution in [0.1, 0.15) is 15.9 Å². The predicted molar refractivity (Wildman–Crippen MR) is 62.8 cm³/mol. The summed E-state index contributed by atoms with van der Waals surface area (Å²) < 4.78 is 19.2. The summed E-state index contributed by atoms with van der Waals surface area (Å²) in [6.07, 6.45) is 3.08. The first-order valence-electron chi connectivity index (χ1n) is 5.18. The van der Waals surface area contributed by atoms with Gasteiger partial charge in [-0.1, -0.05) is 23.7 Å². The maximum atomic E-state index is 14.5. The minimum atomic E-state index is -2.39. The smallest absolute Gasteiger partial charge is 0.343 e. The molecule has 0 spiro atoms. The van der Waals surface area contributed by atoms with E-state index in [9.17, 15) is 14.0 Å². The van der Waals surface area contributed by atoms with Crippen LogP contribution in [0.3, 0.4) is 0 Å². The number of carbonyl (C=O) groups excluding carboxylic acids is 2. The number of fused-ring (bicyclic) bond motifs is 3. The van der Waals surface area contributed by atoms with Crippen molar-refractivity contribution in [2.75, 3.05) is 0 Å². The first-order chi connectivity index (χ1) is 8.51. The van der Waals surface area contributed by atoms with Gasteiger partial charge in [-0.2, -0.15) is 4.39 Å². The second-order valence-electron chi connectivity index (χ2n) is 3.99. The number of benzene rings is 1. The highest BCUT2D eigenvalue weighted by Crippen LogP contribution is 2.43. The van der Waals surface area contributed by atoms with Gasteiger partial charge in [-0.15, -0.1) is 0 Å². The lowest BCUT2D eigenvalue weighted by Crippen LogP contribution is -2.37. The molecule has 1 unspecified atom stereocenters. The van der Waals surface area contributed by atoms with Crippen LogP contribution in [-0.4, -0.2) is 17.6 Å². The molecule has 3 nitrogen and oxygen atoms in total. The van der Waals surface area contributed by atoms with Gasteiger partial charge >= 0.3 is 5.97 Å². The first-order valence-corrected chi connectivity index (χ1v) is 5.55. The van der Waals surface area contributed by atoms with Crippen LogP contribution in [0.15, 0.2) is 36.4 Å². The molecule has 0 bridgehead atoms. The van der Waals surface area contributed by atoms with Crippen molar-refractivity contribution >= 4 is 28.9 Å². The Morgan fingerprint density at radius 3 is 2.83 bits per heavy atom. The average Bonchev–Trinajstić information content (AvgIpc) is 2.31. The fourth-order valence-electron chi connectivity index (χ4n) is 2.06. The molecule has 1 aliphatic heterocycles. The zero-order valence-electron chi connectivity index (χ0n) is 8.94. The van der Waals surface area contributed by atoms with Crippen LogP contribution in [0.25, 0.3) is 5.57 Å². The summed E-state index contributed by atoms with van der Waals surface area (Å²) in [6, 6.07) is 4.63. The van der Waals surface area contributed by atoms with Gasteiger partial charge in [-0.3, -0.25) is 4.79 Å². The number of hydrogen-bond acceptors (Lipinski definition) is 3. The van der Waals surface area contributed by atoms with Gasteiger partial charge in [0.1, 0.15) is 0 Å². The third-order valence-electron chi connectivity index (χ3n) is 2.86. The Kier molecular flexibility index (Phi) is 2.19. The van der Waals surface area contributed by atoms with Crippen molar-refractivity contribution in [3.05, 3.63) is 52.6 Å². The van der Waals surface area contributed by atoms with Crippen LogP contribution >= 0.6 is 11.6 Å². The van der Waals surface area contributed by atoms with Gasteiger partial charge in [0.25, 0.3) is 5.85 Å². The van der Waals surface area contributed by atoms with Gasteiger partial charge in [-0.05, 0) is 18.2 Å². The van der Waals surface area contributed by atoms with Crippen molar-refractivity contribution in [1.29, 1.82) is 0 Å². The van der Waals surface area contributed by atoms with Gasteiger partial charge in [0.2, 0.25) is 0 Å². The molecule has 18 heavy (non-hydrogen) atoms. The number of esters is 1. The predicted octanol–water partition coefficient (Wildman–Crippen LogP) is 2.70. The van der Waals surface area contributed by atoms with Crippen LogP contribution in [0.4, 0.5) is 4.39 Å². The maximum Gasteiger partial charge on any atom is 0.343 e. The van der Waals surface area contributed by atoms with Crippen LogP contribution in [-0.2, 0) is 9.53 Å². The monoisotopic (exact) mass is 264 g/mol. The Balaban J connectivity index is 2.31. The second-order valence-corrected chi connectivity index (χ2v) is 4.40. The number of allylic oxidation sites excluding steroid dienone is 2. The molecule has 0 saturated heterocycles. The molecular formula is C13H6ClFO3. The molecule has 5 heteroatoms. The molecule has 0 amide bonds. The molecule has 1 aromatic rings. The standard InChI is InChI=1S/C13H6ClFO3/c14-10-3-1-2-8-9-6-7(16)4-5-13(9,15)18-12(17)11(8)10/h1-6H. The van der Waals surface area contributed by atoms with Crippen LogP contribution < -0.4 is 0 Å². The normalized spacial score (nSPS) is 25.1. The van der Waals surface area contributed by atoms with Crippen LogP contribution in [0, 0.1) is 0 Å². The highest BCUT2D eigenvalue weighted by molar-refractivity contribution is 6.34. The van der Waals surface area contributed by atoms with E-state index in [0.717, 1.165) is 18.2 Å². The SMILES string of the molecule is O=C1C=CC2(F)OC(=O)c3c(Cl)cccc3C2=C1. The van der Waals surface area contributed by atoms with E-state index in [1.165, 1.54) is 12.1 Å². The summed E-state index contributed by atoms with van der Waals surface area (Å²) in [5.74, 6) is -3.58. The molecule has 0 saturated carbocycles. The summed E-state index contributed by atoms with van der Waals surface area (Å²) in [6.45, 7) is 0. The Bertz CT molecular complexity index is 648. The molecule has 0 N–H and O–H groups in total. The Labute approximate surface area is 107 Å². The number of halogens is 2. The minimum absolute atomic E-state index is 0.00657. The lowest BCUT2D eigenvalue weighted by atomic mass is 9.87. The number of ketones is 1. The third-order valence-corrected chi connectivity index (χ3v) is 3.18. The largest absolute Gasteiger partial charge is 0.416 e. The topological polar surface area (TPSA) is 43.4 Å². The molecule has 1 aromatic carbocycles. The third kappa shape index (κ3) is 1.42. The van der Waals surface area contributed by atoms with Crippen LogP contribution in [0.2, 0.25) is 5.02 Å². The molecule has 3 rings (SSSR count). The van der Waals surface area contributed by atoms with Crippen molar-refractivity contribution in [2.24, 2.45) is 0 Å². The number of hydrogen-bond donors (Lipinski definition) is 0. The van der Waals surface area contributed by atoms with E-state index < -0.39 is 11.8 Å². The van der Waals surface area contributed by atoms with Gasteiger partial charge in [0, 0.05) is 17.2 Å². The molecule has 0 radical (unpaired) electrons. The Hall–Kier alpha value is -1.94. The Morgan fingerprint density at radius 2 is 2.06 bits per heavy atom. The maximum absolute atomic E-state index is 14.5. The Morgan fingerprint density at radius 1 is 1.28 bits per heavy atom. The number of ether oxygens (including phenoxy) is 1. The second kappa shape index (κ2) is 3.53. The van der Waals surface area contributed by atoms with Gasteiger partial charge < -0.3 is 4.74 Å². The molecule has 2 aliphatic rings. The number of alkyl halides is 1. The van der Waals surface area contributed by atoms with Crippen molar-refractivity contribution in [3.8, 4) is 0 Å². The fourth-order valence-corrected chi connectivity index (χ4v) is 2.31.